The molecule has 1 fully saturated rings. The molecule has 4 N–H and O–H groups in total. The fraction of sp³-hybridized carbons (Fsp3) is 0.480. The van der Waals surface area contributed by atoms with Crippen molar-refractivity contribution in [2.24, 2.45) is 5.92 Å². The highest BCUT2D eigenvalue weighted by Crippen LogP contribution is 2.26. The smallest absolute Gasteiger partial charge is 0.407 e. The highest BCUT2D eigenvalue weighted by atomic mass is 32.2. The maximum atomic E-state index is 13.6. The standard InChI is InChI=1S/C25H36N3O8PS/c1-18(2)15-28(38(32,33)22-10-8-20(26)9-11-22)16-24(36-37(30)31)23(14-19-6-4-3-5-7-19)27-25(29)35-21-12-13-34-17-21/h3-11,18,21,23-24,37H,12-17,26H2,1-2H3,(H,27,29)(H,30,31)/t21-,23?,24+/m0/s1. The van der Waals surface area contributed by atoms with Gasteiger partial charge in [0.25, 0.3) is 0 Å². The number of rotatable bonds is 13. The number of carbonyl (C=O) groups is 1. The van der Waals surface area contributed by atoms with Gasteiger partial charge in [-0.1, -0.05) is 44.2 Å². The highest BCUT2D eigenvalue weighted by Gasteiger charge is 2.34. The van der Waals surface area contributed by atoms with Crippen LogP contribution in [0.5, 0.6) is 0 Å². The number of amides is 1. The third kappa shape index (κ3) is 9.07. The summed E-state index contributed by atoms with van der Waals surface area (Å²) in [6, 6.07) is 14.1. The fourth-order valence-electron chi connectivity index (χ4n) is 4.13. The van der Waals surface area contributed by atoms with Crippen LogP contribution in [0, 0.1) is 5.92 Å². The zero-order valence-corrected chi connectivity index (χ0v) is 23.3. The number of benzene rings is 2. The Morgan fingerprint density at radius 2 is 1.87 bits per heavy atom. The van der Waals surface area contributed by atoms with Crippen molar-refractivity contribution in [2.75, 3.05) is 32.0 Å². The second-order valence-corrected chi connectivity index (χ2v) is 12.2. The number of alkyl carbamates (subject to hydrolysis) is 1. The summed E-state index contributed by atoms with van der Waals surface area (Å²) in [5, 5.41) is 2.74. The van der Waals surface area contributed by atoms with E-state index in [1.807, 2.05) is 44.2 Å². The van der Waals surface area contributed by atoms with E-state index in [0.29, 0.717) is 18.7 Å². The molecule has 1 amide bonds. The van der Waals surface area contributed by atoms with Crippen LogP contribution in [0.4, 0.5) is 10.5 Å². The van der Waals surface area contributed by atoms with Gasteiger partial charge in [-0.05, 0) is 42.2 Å². The van der Waals surface area contributed by atoms with Crippen LogP contribution in [0.1, 0.15) is 25.8 Å². The second-order valence-electron chi connectivity index (χ2n) is 9.54. The number of hydrogen-bond donors (Lipinski definition) is 3. The molecular weight excluding hydrogens is 533 g/mol. The predicted molar refractivity (Wildman–Crippen MR) is 143 cm³/mol. The summed E-state index contributed by atoms with van der Waals surface area (Å²) in [4.78, 5) is 22.5. The van der Waals surface area contributed by atoms with Crippen molar-refractivity contribution < 1.29 is 36.7 Å². The maximum absolute atomic E-state index is 13.6. The number of nitrogens with zero attached hydrogens (tertiary/aromatic N) is 1. The molecule has 2 aromatic rings. The molecule has 3 rings (SSSR count). The highest BCUT2D eigenvalue weighted by molar-refractivity contribution is 7.89. The SMILES string of the molecule is CC(C)CN(C[C@@H](O[PH](=O)O)C(Cc1ccccc1)NC(=O)O[C@H]1CCOC1)S(=O)(=O)c1ccc(N)cc1. The van der Waals surface area contributed by atoms with E-state index in [-0.39, 0.29) is 36.9 Å². The molecule has 2 unspecified atom stereocenters. The van der Waals surface area contributed by atoms with Crippen molar-refractivity contribution in [3.8, 4) is 0 Å². The lowest BCUT2D eigenvalue weighted by atomic mass is 10.0. The summed E-state index contributed by atoms with van der Waals surface area (Å²) in [6.07, 6.45) is -1.56. The van der Waals surface area contributed by atoms with Crippen LogP contribution in [0.2, 0.25) is 0 Å². The molecule has 1 aliphatic rings. The average Bonchev–Trinajstić information content (AvgIpc) is 3.36. The van der Waals surface area contributed by atoms with Gasteiger partial charge in [0, 0.05) is 25.2 Å². The number of sulfonamides is 1. The molecule has 11 nitrogen and oxygen atoms in total. The summed E-state index contributed by atoms with van der Waals surface area (Å²) in [6.45, 7) is 4.31. The van der Waals surface area contributed by atoms with E-state index in [0.717, 1.165) is 5.56 Å². The van der Waals surface area contributed by atoms with Gasteiger partial charge in [0.1, 0.15) is 12.2 Å². The Hall–Kier alpha value is -2.47. The molecule has 0 radical (unpaired) electrons. The van der Waals surface area contributed by atoms with Crippen molar-refractivity contribution in [3.63, 3.8) is 0 Å². The molecule has 0 aliphatic carbocycles. The Balaban J connectivity index is 1.92. The van der Waals surface area contributed by atoms with E-state index in [1.54, 1.807) is 0 Å². The topological polar surface area (TPSA) is 157 Å². The number of carbonyl (C=O) groups excluding carboxylic acids is 1. The molecule has 4 atom stereocenters. The van der Waals surface area contributed by atoms with E-state index in [9.17, 15) is 22.7 Å². The largest absolute Gasteiger partial charge is 0.444 e. The van der Waals surface area contributed by atoms with Gasteiger partial charge >= 0.3 is 14.3 Å². The first kappa shape index (κ1) is 30.1. The van der Waals surface area contributed by atoms with Crippen molar-refractivity contribution in [3.05, 3.63) is 60.2 Å². The molecule has 0 bridgehead atoms. The molecule has 2 aromatic carbocycles. The monoisotopic (exact) mass is 569 g/mol. The summed E-state index contributed by atoms with van der Waals surface area (Å²) in [5.41, 5.74) is 6.96. The van der Waals surface area contributed by atoms with E-state index in [2.05, 4.69) is 5.32 Å². The quantitative estimate of drug-likeness (QED) is 0.244. The minimum Gasteiger partial charge on any atom is -0.444 e. The average molecular weight is 570 g/mol. The molecule has 38 heavy (non-hydrogen) atoms. The van der Waals surface area contributed by atoms with Gasteiger partial charge in [-0.2, -0.15) is 4.31 Å². The van der Waals surface area contributed by atoms with Gasteiger partial charge in [-0.3, -0.25) is 4.57 Å². The summed E-state index contributed by atoms with van der Waals surface area (Å²) < 4.78 is 56.4. The molecule has 210 valence electrons. The van der Waals surface area contributed by atoms with Crippen LogP contribution < -0.4 is 11.1 Å². The van der Waals surface area contributed by atoms with Gasteiger partial charge in [-0.15, -0.1) is 0 Å². The third-order valence-electron chi connectivity index (χ3n) is 5.93. The Labute approximate surface area is 224 Å². The van der Waals surface area contributed by atoms with Crippen LogP contribution in [0.3, 0.4) is 0 Å². The maximum Gasteiger partial charge on any atom is 0.407 e. The van der Waals surface area contributed by atoms with E-state index in [4.69, 9.17) is 19.7 Å². The lowest BCUT2D eigenvalue weighted by Crippen LogP contribution is -2.52. The number of nitrogen functional groups attached to an aromatic ring is 1. The zero-order chi connectivity index (χ0) is 27.7. The zero-order valence-electron chi connectivity index (χ0n) is 21.5. The van der Waals surface area contributed by atoms with Crippen molar-refractivity contribution in [1.29, 1.82) is 0 Å². The molecule has 13 heteroatoms. The Morgan fingerprint density at radius 1 is 1.18 bits per heavy atom. The van der Waals surface area contributed by atoms with Gasteiger partial charge in [0.05, 0.1) is 24.2 Å². The Kier molecular flexibility index (Phi) is 11.1. The molecule has 0 saturated carbocycles. The Morgan fingerprint density at radius 3 is 2.45 bits per heavy atom. The molecule has 0 aromatic heterocycles. The number of nitrogens with two attached hydrogens (primary N) is 1. The van der Waals surface area contributed by atoms with Gasteiger partial charge in [-0.25, -0.2) is 13.2 Å². The first-order valence-corrected chi connectivity index (χ1v) is 15.1. The fourth-order valence-corrected chi connectivity index (χ4v) is 6.24. The first-order valence-electron chi connectivity index (χ1n) is 12.4. The van der Waals surface area contributed by atoms with Crippen LogP contribution in [0.25, 0.3) is 0 Å². The van der Waals surface area contributed by atoms with Crippen molar-refractivity contribution in [1.82, 2.24) is 9.62 Å². The van der Waals surface area contributed by atoms with Gasteiger partial charge < -0.3 is 29.9 Å². The Bertz CT molecular complexity index is 1160. The number of nitrogens with one attached hydrogen (secondary N) is 1. The van der Waals surface area contributed by atoms with E-state index < -0.39 is 42.6 Å². The minimum absolute atomic E-state index is 0.0240. The molecule has 1 aliphatic heterocycles. The van der Waals surface area contributed by atoms with Crippen LogP contribution in [0.15, 0.2) is 59.5 Å². The van der Waals surface area contributed by atoms with Crippen LogP contribution >= 0.6 is 8.25 Å². The summed E-state index contributed by atoms with van der Waals surface area (Å²) in [7, 11) is -7.55. The molecule has 1 heterocycles. The third-order valence-corrected chi connectivity index (χ3v) is 8.28. The molecule has 1 saturated heterocycles. The van der Waals surface area contributed by atoms with Crippen molar-refractivity contribution >= 4 is 30.1 Å². The number of anilines is 1. The summed E-state index contributed by atoms with van der Waals surface area (Å²) in [5.74, 6) is -0.0711. The molecule has 0 spiro atoms. The lowest BCUT2D eigenvalue weighted by molar-refractivity contribution is 0.0689. The van der Waals surface area contributed by atoms with E-state index >= 15 is 0 Å². The first-order chi connectivity index (χ1) is 18.0. The van der Waals surface area contributed by atoms with E-state index in [1.165, 1.54) is 28.6 Å². The van der Waals surface area contributed by atoms with Crippen LogP contribution in [-0.4, -0.2) is 68.3 Å². The van der Waals surface area contributed by atoms with Gasteiger partial charge in [0.2, 0.25) is 10.0 Å². The van der Waals surface area contributed by atoms with Gasteiger partial charge in [0.15, 0.2) is 0 Å². The van der Waals surface area contributed by atoms with Crippen molar-refractivity contribution in [2.45, 2.75) is 49.8 Å². The lowest BCUT2D eigenvalue weighted by Gasteiger charge is -2.32. The number of ether oxygens (including phenoxy) is 2. The minimum atomic E-state index is -4.03. The normalized spacial score (nSPS) is 18.3. The van der Waals surface area contributed by atoms with Crippen LogP contribution in [-0.2, 0) is 35.0 Å². The summed E-state index contributed by atoms with van der Waals surface area (Å²) >= 11 is 0. The molecular formula is C25H36N3O8PS. The predicted octanol–water partition coefficient (Wildman–Crippen LogP) is 2.81. The second kappa shape index (κ2) is 14.1. The number of hydrogen-bond acceptors (Lipinski definition) is 8.